The van der Waals surface area contributed by atoms with Crippen molar-refractivity contribution < 1.29 is 14.3 Å². The van der Waals surface area contributed by atoms with Crippen molar-refractivity contribution >= 4 is 12.4 Å². The molecule has 0 heterocycles. The molecule has 106 valence electrons. The maximum atomic E-state index is 12.0. The number of benzene rings is 1. The van der Waals surface area contributed by atoms with Gasteiger partial charge in [0.25, 0.3) is 0 Å². The van der Waals surface area contributed by atoms with E-state index in [4.69, 9.17) is 11.2 Å². The number of terminal acetylenes is 1. The molecule has 0 N–H and O–H groups in total. The zero-order chi connectivity index (χ0) is 15.3. The Labute approximate surface area is 119 Å². The molecule has 4 heteroatoms. The number of likely N-dealkylation sites (N-methyl/N-ethyl adjacent to an activating group) is 1. The molecule has 1 unspecified atom stereocenters. The highest BCUT2D eigenvalue weighted by Crippen LogP contribution is 2.20. The molecule has 0 radical (unpaired) electrons. The average molecular weight is 273 g/mol. The van der Waals surface area contributed by atoms with Gasteiger partial charge in [0.05, 0.1) is 0 Å². The fourth-order valence-electron chi connectivity index (χ4n) is 1.62. The van der Waals surface area contributed by atoms with Crippen molar-refractivity contribution in [2.75, 3.05) is 7.05 Å². The summed E-state index contributed by atoms with van der Waals surface area (Å²) in [7, 11) is 1.53. The van der Waals surface area contributed by atoms with Crippen molar-refractivity contribution in [3.05, 3.63) is 35.4 Å². The molecular formula is C16H19NO3. The van der Waals surface area contributed by atoms with Gasteiger partial charge in [-0.3, -0.25) is 4.90 Å². The van der Waals surface area contributed by atoms with Gasteiger partial charge in [-0.25, -0.2) is 4.79 Å². The summed E-state index contributed by atoms with van der Waals surface area (Å²) in [6.45, 7) is 5.32. The van der Waals surface area contributed by atoms with Gasteiger partial charge in [-0.15, -0.1) is 6.42 Å². The fraction of sp³-hybridized carbons (Fsp3) is 0.375. The van der Waals surface area contributed by atoms with Crippen LogP contribution >= 0.6 is 0 Å². The SMILES string of the molecule is C#Cc1ccc(C(C=O)N(C)C(=O)OC(C)(C)C)cc1. The first kappa shape index (κ1) is 15.8. The molecule has 1 aromatic rings. The number of aldehydes is 1. The monoisotopic (exact) mass is 273 g/mol. The minimum atomic E-state index is -0.698. The summed E-state index contributed by atoms with van der Waals surface area (Å²) in [5.41, 5.74) is 0.803. The van der Waals surface area contributed by atoms with Gasteiger partial charge >= 0.3 is 6.09 Å². The zero-order valence-corrected chi connectivity index (χ0v) is 12.2. The smallest absolute Gasteiger partial charge is 0.410 e. The van der Waals surface area contributed by atoms with Crippen LogP contribution in [0.5, 0.6) is 0 Å². The Bertz CT molecular complexity index is 520. The second-order valence-electron chi connectivity index (χ2n) is 5.44. The van der Waals surface area contributed by atoms with Gasteiger partial charge in [-0.1, -0.05) is 18.1 Å². The van der Waals surface area contributed by atoms with Crippen LogP contribution in [0.25, 0.3) is 0 Å². The highest BCUT2D eigenvalue weighted by molar-refractivity contribution is 5.74. The van der Waals surface area contributed by atoms with E-state index in [9.17, 15) is 9.59 Å². The Morgan fingerprint density at radius 3 is 2.30 bits per heavy atom. The minimum absolute atomic E-state index is 0.546. The van der Waals surface area contributed by atoms with Crippen molar-refractivity contribution in [3.8, 4) is 12.3 Å². The lowest BCUT2D eigenvalue weighted by Crippen LogP contribution is -2.37. The molecule has 4 nitrogen and oxygen atoms in total. The molecule has 0 aliphatic heterocycles. The summed E-state index contributed by atoms with van der Waals surface area (Å²) in [6, 6.07) is 6.23. The van der Waals surface area contributed by atoms with Gasteiger partial charge < -0.3 is 9.53 Å². The predicted molar refractivity (Wildman–Crippen MR) is 77.2 cm³/mol. The van der Waals surface area contributed by atoms with Crippen LogP contribution in [0.2, 0.25) is 0 Å². The normalized spacial score (nSPS) is 12.2. The summed E-state index contributed by atoms with van der Waals surface area (Å²) >= 11 is 0. The van der Waals surface area contributed by atoms with Gasteiger partial charge in [0.15, 0.2) is 0 Å². The number of ether oxygens (including phenoxy) is 1. The minimum Gasteiger partial charge on any atom is -0.444 e. The molecule has 1 atom stereocenters. The second kappa shape index (κ2) is 6.25. The average Bonchev–Trinajstić information content (AvgIpc) is 2.38. The zero-order valence-electron chi connectivity index (χ0n) is 12.2. The Morgan fingerprint density at radius 2 is 1.90 bits per heavy atom. The third-order valence-electron chi connectivity index (χ3n) is 2.65. The molecule has 0 aromatic heterocycles. The van der Waals surface area contributed by atoms with E-state index in [1.807, 2.05) is 0 Å². The van der Waals surface area contributed by atoms with E-state index in [0.29, 0.717) is 11.8 Å². The first-order valence-electron chi connectivity index (χ1n) is 6.26. The molecule has 20 heavy (non-hydrogen) atoms. The van der Waals surface area contributed by atoms with Crippen LogP contribution in [0.15, 0.2) is 24.3 Å². The number of amides is 1. The molecule has 0 spiro atoms. The van der Waals surface area contributed by atoms with Crippen LogP contribution in [0.3, 0.4) is 0 Å². The van der Waals surface area contributed by atoms with E-state index in [-0.39, 0.29) is 0 Å². The van der Waals surface area contributed by atoms with Gasteiger partial charge in [0.1, 0.15) is 17.9 Å². The van der Waals surface area contributed by atoms with E-state index in [1.54, 1.807) is 45.0 Å². The first-order valence-corrected chi connectivity index (χ1v) is 6.26. The summed E-state index contributed by atoms with van der Waals surface area (Å²) in [5.74, 6) is 2.50. The topological polar surface area (TPSA) is 46.6 Å². The van der Waals surface area contributed by atoms with Crippen molar-refractivity contribution in [2.24, 2.45) is 0 Å². The number of nitrogens with zero attached hydrogens (tertiary/aromatic N) is 1. The van der Waals surface area contributed by atoms with E-state index in [1.165, 1.54) is 11.9 Å². The Balaban J connectivity index is 2.92. The number of hydrogen-bond acceptors (Lipinski definition) is 3. The largest absolute Gasteiger partial charge is 0.444 e. The van der Waals surface area contributed by atoms with E-state index >= 15 is 0 Å². The highest BCUT2D eigenvalue weighted by atomic mass is 16.6. The Morgan fingerprint density at radius 1 is 1.35 bits per heavy atom. The lowest BCUT2D eigenvalue weighted by molar-refractivity contribution is -0.112. The van der Waals surface area contributed by atoms with Gasteiger partial charge in [-0.05, 0) is 38.5 Å². The van der Waals surface area contributed by atoms with E-state index in [2.05, 4.69) is 5.92 Å². The predicted octanol–water partition coefficient (Wildman–Crippen LogP) is 2.77. The molecule has 0 saturated heterocycles. The van der Waals surface area contributed by atoms with Crippen molar-refractivity contribution in [2.45, 2.75) is 32.4 Å². The van der Waals surface area contributed by atoms with E-state index < -0.39 is 17.7 Å². The molecule has 1 rings (SSSR count). The molecule has 0 saturated carbocycles. The lowest BCUT2D eigenvalue weighted by atomic mass is 10.1. The number of hydrogen-bond donors (Lipinski definition) is 0. The maximum absolute atomic E-state index is 12.0. The third kappa shape index (κ3) is 4.13. The van der Waals surface area contributed by atoms with Crippen LogP contribution < -0.4 is 0 Å². The number of carbonyl (C=O) groups is 2. The maximum Gasteiger partial charge on any atom is 0.410 e. The summed E-state index contributed by atoms with van der Waals surface area (Å²) < 4.78 is 5.24. The molecule has 0 aliphatic carbocycles. The lowest BCUT2D eigenvalue weighted by Gasteiger charge is -2.28. The van der Waals surface area contributed by atoms with Crippen molar-refractivity contribution in [1.82, 2.24) is 4.90 Å². The molecule has 0 fully saturated rings. The molecular weight excluding hydrogens is 254 g/mol. The van der Waals surface area contributed by atoms with Gasteiger partial charge in [0, 0.05) is 12.6 Å². The summed E-state index contributed by atoms with van der Waals surface area (Å²) in [6.07, 6.45) is 5.44. The van der Waals surface area contributed by atoms with Crippen LogP contribution in [-0.4, -0.2) is 29.9 Å². The van der Waals surface area contributed by atoms with Crippen LogP contribution in [0, 0.1) is 12.3 Å². The summed E-state index contributed by atoms with van der Waals surface area (Å²) in [4.78, 5) is 24.5. The molecule has 0 bridgehead atoms. The summed E-state index contributed by atoms with van der Waals surface area (Å²) in [5, 5.41) is 0. The van der Waals surface area contributed by atoms with Gasteiger partial charge in [0.2, 0.25) is 0 Å². The van der Waals surface area contributed by atoms with Crippen LogP contribution in [0.1, 0.15) is 37.9 Å². The van der Waals surface area contributed by atoms with Crippen LogP contribution in [-0.2, 0) is 9.53 Å². The highest BCUT2D eigenvalue weighted by Gasteiger charge is 2.26. The molecule has 1 aromatic carbocycles. The second-order valence-corrected chi connectivity index (χ2v) is 5.44. The van der Waals surface area contributed by atoms with Crippen molar-refractivity contribution in [1.29, 1.82) is 0 Å². The quantitative estimate of drug-likeness (QED) is 0.628. The Kier molecular flexibility index (Phi) is 4.93. The Hall–Kier alpha value is -2.28. The van der Waals surface area contributed by atoms with Gasteiger partial charge in [-0.2, -0.15) is 0 Å². The third-order valence-corrected chi connectivity index (χ3v) is 2.65. The standard InChI is InChI=1S/C16H19NO3/c1-6-12-7-9-13(10-8-12)14(11-18)17(5)15(19)20-16(2,3)4/h1,7-11,14H,2-5H3. The van der Waals surface area contributed by atoms with Crippen molar-refractivity contribution in [3.63, 3.8) is 0 Å². The number of carbonyl (C=O) groups excluding carboxylic acids is 2. The first-order chi connectivity index (χ1) is 9.28. The fourth-order valence-corrected chi connectivity index (χ4v) is 1.62. The molecule has 1 amide bonds. The van der Waals surface area contributed by atoms with Crippen LogP contribution in [0.4, 0.5) is 4.79 Å². The van der Waals surface area contributed by atoms with E-state index in [0.717, 1.165) is 5.56 Å². The molecule has 0 aliphatic rings. The number of rotatable bonds is 3.